The molecule has 258 valence electrons. The number of nitrogens with one attached hydrogen (secondary N) is 1. The molecule has 3 aliphatic carbocycles. The van der Waals surface area contributed by atoms with Gasteiger partial charge in [0.05, 0.1) is 18.2 Å². The van der Waals surface area contributed by atoms with Gasteiger partial charge in [0.15, 0.2) is 0 Å². The third-order valence-electron chi connectivity index (χ3n) is 10.1. The van der Waals surface area contributed by atoms with Crippen LogP contribution < -0.4 is 14.8 Å². The molecule has 6 atom stereocenters. The zero-order valence-electron chi connectivity index (χ0n) is 28.0. The van der Waals surface area contributed by atoms with Crippen LogP contribution in [0.4, 0.5) is 4.79 Å². The quantitative estimate of drug-likeness (QED) is 0.130. The number of carbonyl (C=O) groups is 2. The molecule has 0 saturated heterocycles. The average molecular weight is 654 g/mol. The lowest BCUT2D eigenvalue weighted by molar-refractivity contribution is -0.255. The lowest BCUT2D eigenvalue weighted by Gasteiger charge is -2.59. The summed E-state index contributed by atoms with van der Waals surface area (Å²) in [5.74, 6) is -0.535. The molecule has 11 heteroatoms. The van der Waals surface area contributed by atoms with Crippen molar-refractivity contribution in [2.45, 2.75) is 82.5 Å². The molecule has 11 nitrogen and oxygen atoms in total. The number of carbonyl (C=O) groups excluding carboxylic acids is 2. The Hall–Kier alpha value is -3.41. The number of oxime groups is 1. The van der Waals surface area contributed by atoms with Gasteiger partial charge in [0.2, 0.25) is 11.7 Å². The Kier molecular flexibility index (Phi) is 11.6. The molecular formula is C36H51N3O8. The van der Waals surface area contributed by atoms with Crippen molar-refractivity contribution in [1.82, 2.24) is 10.2 Å². The average Bonchev–Trinajstić information content (AvgIpc) is 3.91. The standard InChI is InChI=1S/C36H51N3O8/c1-5-19-45-36-31(39(3)34(42)23-13-14-23)22-29(38-44-4)27-20-24(11-7-9-17-40)26(12-8-10-18-41)32(33(27)36)28-21-25(15-16-30(28)47-36)46-35(43)37-6-2/h5,15-16,20-21,23-24,26,31-33,40-41H,1,6-14,17-19,22H2,2-4H3,(H,37,43)/t24-,26+,31-,32+,33+,36+/m0/s1. The number of rotatable bonds is 16. The van der Waals surface area contributed by atoms with E-state index in [-0.39, 0.29) is 55.3 Å². The Bertz CT molecular complexity index is 1340. The Labute approximate surface area is 278 Å². The van der Waals surface area contributed by atoms with Gasteiger partial charge >= 0.3 is 6.09 Å². The highest BCUT2D eigenvalue weighted by molar-refractivity contribution is 6.03. The zero-order chi connectivity index (χ0) is 33.6. The summed E-state index contributed by atoms with van der Waals surface area (Å²) in [5.41, 5.74) is 2.62. The monoisotopic (exact) mass is 653 g/mol. The Morgan fingerprint density at radius 2 is 1.91 bits per heavy atom. The van der Waals surface area contributed by atoms with Crippen molar-refractivity contribution in [3.8, 4) is 11.5 Å². The number of nitrogens with zero attached hydrogens (tertiary/aromatic N) is 2. The normalized spacial score (nSPS) is 28.3. The highest BCUT2D eigenvalue weighted by Gasteiger charge is 2.65. The largest absolute Gasteiger partial charge is 0.459 e. The molecular weight excluding hydrogens is 602 g/mol. The first kappa shape index (κ1) is 34.9. The summed E-state index contributed by atoms with van der Waals surface area (Å²) in [5, 5.41) is 26.6. The maximum Gasteiger partial charge on any atom is 0.412 e. The molecule has 0 bridgehead atoms. The Morgan fingerprint density at radius 3 is 2.57 bits per heavy atom. The van der Waals surface area contributed by atoms with Gasteiger partial charge in [-0.15, -0.1) is 6.58 Å². The molecule has 2 amide bonds. The van der Waals surface area contributed by atoms with Crippen molar-refractivity contribution in [2.24, 2.45) is 28.8 Å². The van der Waals surface area contributed by atoms with E-state index >= 15 is 0 Å². The summed E-state index contributed by atoms with van der Waals surface area (Å²) < 4.78 is 19.6. The van der Waals surface area contributed by atoms with E-state index in [2.05, 4.69) is 23.1 Å². The van der Waals surface area contributed by atoms with Gasteiger partial charge in [0.1, 0.15) is 24.7 Å². The number of unbranched alkanes of at least 4 members (excludes halogenated alkanes) is 2. The number of aliphatic hydroxyl groups is 2. The van der Waals surface area contributed by atoms with Crippen LogP contribution in [0.5, 0.6) is 11.5 Å². The van der Waals surface area contributed by atoms with Crippen molar-refractivity contribution in [3.63, 3.8) is 0 Å². The van der Waals surface area contributed by atoms with Crippen LogP contribution in [0.1, 0.15) is 76.2 Å². The third kappa shape index (κ3) is 7.22. The van der Waals surface area contributed by atoms with Crippen LogP contribution in [0.2, 0.25) is 0 Å². The zero-order valence-corrected chi connectivity index (χ0v) is 28.0. The second-order valence-electron chi connectivity index (χ2n) is 13.1. The van der Waals surface area contributed by atoms with Gasteiger partial charge in [-0.2, -0.15) is 0 Å². The summed E-state index contributed by atoms with van der Waals surface area (Å²) in [6, 6.07) is 4.94. The second kappa shape index (κ2) is 15.7. The topological polar surface area (TPSA) is 139 Å². The van der Waals surface area contributed by atoms with Crippen molar-refractivity contribution in [2.75, 3.05) is 40.5 Å². The molecule has 1 heterocycles. The maximum atomic E-state index is 13.7. The van der Waals surface area contributed by atoms with E-state index in [0.717, 1.165) is 55.4 Å². The molecule has 3 N–H and O–H groups in total. The van der Waals surface area contributed by atoms with E-state index in [0.29, 0.717) is 37.3 Å². The molecule has 1 aliphatic heterocycles. The van der Waals surface area contributed by atoms with E-state index in [1.54, 1.807) is 17.0 Å². The predicted octanol–water partition coefficient (Wildman–Crippen LogP) is 4.93. The first-order chi connectivity index (χ1) is 22.8. The van der Waals surface area contributed by atoms with Crippen molar-refractivity contribution in [1.29, 1.82) is 0 Å². The minimum absolute atomic E-state index is 0.00894. The van der Waals surface area contributed by atoms with E-state index in [1.165, 1.54) is 7.11 Å². The molecule has 0 unspecified atom stereocenters. The molecule has 2 fully saturated rings. The van der Waals surface area contributed by atoms with E-state index in [1.807, 2.05) is 26.1 Å². The Balaban J connectivity index is 1.73. The van der Waals surface area contributed by atoms with Crippen LogP contribution in [-0.2, 0) is 14.4 Å². The number of benzene rings is 1. The lowest BCUT2D eigenvalue weighted by atomic mass is 9.55. The van der Waals surface area contributed by atoms with Crippen molar-refractivity contribution < 1.29 is 38.9 Å². The first-order valence-corrected chi connectivity index (χ1v) is 17.2. The number of aliphatic hydroxyl groups excluding tert-OH is 2. The highest BCUT2D eigenvalue weighted by Crippen LogP contribution is 2.62. The van der Waals surface area contributed by atoms with Crippen LogP contribution in [-0.4, -0.2) is 85.2 Å². The van der Waals surface area contributed by atoms with E-state index in [4.69, 9.17) is 19.0 Å². The molecule has 1 aromatic rings. The fraction of sp³-hybridized carbons (Fsp3) is 0.639. The predicted molar refractivity (Wildman–Crippen MR) is 177 cm³/mol. The third-order valence-corrected chi connectivity index (χ3v) is 10.1. The minimum Gasteiger partial charge on any atom is -0.459 e. The summed E-state index contributed by atoms with van der Waals surface area (Å²) in [7, 11) is 3.37. The van der Waals surface area contributed by atoms with Gasteiger partial charge in [-0.25, -0.2) is 4.79 Å². The van der Waals surface area contributed by atoms with Crippen LogP contribution >= 0.6 is 0 Å². The molecule has 1 aromatic carbocycles. The fourth-order valence-corrected chi connectivity index (χ4v) is 7.96. The van der Waals surface area contributed by atoms with Crippen molar-refractivity contribution in [3.05, 3.63) is 48.1 Å². The summed E-state index contributed by atoms with van der Waals surface area (Å²) in [6.07, 6.45) is 10.3. The fourth-order valence-electron chi connectivity index (χ4n) is 7.96. The lowest BCUT2D eigenvalue weighted by Crippen LogP contribution is -2.69. The number of fused-ring (bicyclic) bond motifs is 2. The molecule has 4 aliphatic rings. The van der Waals surface area contributed by atoms with Crippen molar-refractivity contribution >= 4 is 17.7 Å². The van der Waals surface area contributed by atoms with Gasteiger partial charge in [-0.3, -0.25) is 4.79 Å². The molecule has 0 radical (unpaired) electrons. The Morgan fingerprint density at radius 1 is 1.17 bits per heavy atom. The van der Waals surface area contributed by atoms with E-state index < -0.39 is 17.9 Å². The van der Waals surface area contributed by atoms with Gasteiger partial charge < -0.3 is 39.5 Å². The SMILES string of the molecule is C=CCO[C@@]12Oc3ccc(OC(=O)NCC)cc3[C@H]3[C@H](CCCCO)[C@@H](CCCCO)C=C(C(=NOC)C[C@@H]1N(C)C(=O)C1CC1)[C@H]32. The van der Waals surface area contributed by atoms with Gasteiger partial charge in [-0.1, -0.05) is 30.1 Å². The number of hydrogen-bond acceptors (Lipinski definition) is 9. The molecule has 0 aromatic heterocycles. The van der Waals surface area contributed by atoms with Crippen LogP contribution in [0.3, 0.4) is 0 Å². The highest BCUT2D eigenvalue weighted by atomic mass is 16.7. The second-order valence-corrected chi connectivity index (χ2v) is 13.1. The maximum absolute atomic E-state index is 13.7. The number of ether oxygens (including phenoxy) is 3. The minimum atomic E-state index is -1.27. The van der Waals surface area contributed by atoms with E-state index in [9.17, 15) is 19.8 Å². The van der Waals surface area contributed by atoms with Gasteiger partial charge in [0.25, 0.3) is 0 Å². The molecule has 0 spiro atoms. The molecule has 47 heavy (non-hydrogen) atoms. The van der Waals surface area contributed by atoms with Crippen LogP contribution in [0.15, 0.2) is 47.7 Å². The number of amides is 2. The van der Waals surface area contributed by atoms with Gasteiger partial charge in [-0.05, 0) is 81.1 Å². The first-order valence-electron chi connectivity index (χ1n) is 17.2. The molecule has 5 rings (SSSR count). The number of likely N-dealkylation sites (N-methyl/N-ethyl adjacent to an activating group) is 1. The van der Waals surface area contributed by atoms with Gasteiger partial charge in [0, 0.05) is 50.6 Å². The summed E-state index contributed by atoms with van der Waals surface area (Å²) in [4.78, 5) is 33.4. The number of hydrogen-bond donors (Lipinski definition) is 3. The smallest absolute Gasteiger partial charge is 0.412 e. The summed E-state index contributed by atoms with van der Waals surface area (Å²) in [6.45, 7) is 6.64. The molecule has 2 saturated carbocycles. The van der Waals surface area contributed by atoms with Crippen LogP contribution in [0, 0.1) is 23.7 Å². The summed E-state index contributed by atoms with van der Waals surface area (Å²) >= 11 is 0. The number of allylic oxidation sites excluding steroid dienone is 1. The van der Waals surface area contributed by atoms with Crippen LogP contribution in [0.25, 0.3) is 0 Å².